The molecule has 1 aromatic carbocycles. The lowest BCUT2D eigenvalue weighted by Gasteiger charge is -2.34. The standard InChI is InChI=1S/C21H24FN3O3/c1-14-10-18(21(27)28)23-11-16(14)12-24-20(26)19-4-2-3-9-25(19)13-15-5-7-17(22)8-6-15/h5-8,10-11,19H,2-4,9,12-13H2,1H3,(H,24,26)(H,27,28). The van der Waals surface area contributed by atoms with Crippen LogP contribution >= 0.6 is 0 Å². The van der Waals surface area contributed by atoms with Crippen molar-refractivity contribution in [2.24, 2.45) is 0 Å². The molecule has 0 aliphatic carbocycles. The van der Waals surface area contributed by atoms with E-state index in [2.05, 4.69) is 15.2 Å². The molecule has 1 atom stereocenters. The lowest BCUT2D eigenvalue weighted by Crippen LogP contribution is -2.48. The Hall–Kier alpha value is -2.80. The van der Waals surface area contributed by atoms with Gasteiger partial charge in [0.1, 0.15) is 11.5 Å². The zero-order chi connectivity index (χ0) is 20.1. The molecule has 0 spiro atoms. The molecule has 1 unspecified atom stereocenters. The number of carboxylic acids is 1. The zero-order valence-corrected chi connectivity index (χ0v) is 15.8. The van der Waals surface area contributed by atoms with Crippen molar-refractivity contribution in [3.05, 3.63) is 64.7 Å². The average molecular weight is 385 g/mol. The topological polar surface area (TPSA) is 82.5 Å². The Morgan fingerprint density at radius 3 is 2.71 bits per heavy atom. The van der Waals surface area contributed by atoms with Gasteiger partial charge in [0.25, 0.3) is 0 Å². The van der Waals surface area contributed by atoms with Crippen molar-refractivity contribution in [2.45, 2.75) is 45.3 Å². The van der Waals surface area contributed by atoms with Crippen LogP contribution < -0.4 is 5.32 Å². The Morgan fingerprint density at radius 1 is 1.29 bits per heavy atom. The predicted molar refractivity (Wildman–Crippen MR) is 102 cm³/mol. The number of benzene rings is 1. The number of amides is 1. The normalized spacial score (nSPS) is 17.3. The van der Waals surface area contributed by atoms with Gasteiger partial charge >= 0.3 is 5.97 Å². The van der Waals surface area contributed by atoms with Crippen LogP contribution in [0.1, 0.15) is 46.4 Å². The van der Waals surface area contributed by atoms with Gasteiger partial charge in [-0.3, -0.25) is 9.69 Å². The van der Waals surface area contributed by atoms with Gasteiger partial charge in [-0.05, 0) is 61.2 Å². The second kappa shape index (κ2) is 8.93. The molecule has 2 aromatic rings. The third-order valence-corrected chi connectivity index (χ3v) is 5.11. The Kier molecular flexibility index (Phi) is 6.36. The average Bonchev–Trinajstić information content (AvgIpc) is 2.69. The van der Waals surface area contributed by atoms with Crippen LogP contribution in [0.15, 0.2) is 36.5 Å². The third-order valence-electron chi connectivity index (χ3n) is 5.11. The van der Waals surface area contributed by atoms with Crippen LogP contribution in [0.2, 0.25) is 0 Å². The molecular weight excluding hydrogens is 361 g/mol. The fraction of sp³-hybridized carbons (Fsp3) is 0.381. The lowest BCUT2D eigenvalue weighted by molar-refractivity contribution is -0.128. The van der Waals surface area contributed by atoms with Crippen molar-refractivity contribution in [1.29, 1.82) is 0 Å². The number of aryl methyl sites for hydroxylation is 1. The number of nitrogens with one attached hydrogen (secondary N) is 1. The number of rotatable bonds is 6. The van der Waals surface area contributed by atoms with Crippen LogP contribution in [0.4, 0.5) is 4.39 Å². The molecule has 6 nitrogen and oxygen atoms in total. The number of aromatic carboxylic acids is 1. The smallest absolute Gasteiger partial charge is 0.354 e. The largest absolute Gasteiger partial charge is 0.477 e. The minimum Gasteiger partial charge on any atom is -0.477 e. The molecule has 2 heterocycles. The predicted octanol–water partition coefficient (Wildman–Crippen LogP) is 2.90. The van der Waals surface area contributed by atoms with Crippen LogP contribution in [-0.4, -0.2) is 39.5 Å². The molecule has 1 fully saturated rings. The first-order chi connectivity index (χ1) is 13.4. The van der Waals surface area contributed by atoms with E-state index >= 15 is 0 Å². The first kappa shape index (κ1) is 19.9. The van der Waals surface area contributed by atoms with Crippen molar-refractivity contribution >= 4 is 11.9 Å². The number of likely N-dealkylation sites (tertiary alicyclic amines) is 1. The van der Waals surface area contributed by atoms with Gasteiger partial charge in [0.05, 0.1) is 6.04 Å². The van der Waals surface area contributed by atoms with Crippen molar-refractivity contribution in [3.63, 3.8) is 0 Å². The van der Waals surface area contributed by atoms with Gasteiger partial charge in [-0.1, -0.05) is 18.6 Å². The summed E-state index contributed by atoms with van der Waals surface area (Å²) in [6.07, 6.45) is 4.30. The van der Waals surface area contributed by atoms with E-state index < -0.39 is 5.97 Å². The van der Waals surface area contributed by atoms with E-state index in [1.54, 1.807) is 19.1 Å². The molecule has 1 aliphatic heterocycles. The number of hydrogen-bond donors (Lipinski definition) is 2. The van der Waals surface area contributed by atoms with Crippen molar-refractivity contribution in [3.8, 4) is 0 Å². The van der Waals surface area contributed by atoms with Gasteiger partial charge in [0.15, 0.2) is 0 Å². The SMILES string of the molecule is Cc1cc(C(=O)O)ncc1CNC(=O)C1CCCCN1Cc1ccc(F)cc1. The minimum atomic E-state index is -1.07. The number of hydrogen-bond acceptors (Lipinski definition) is 4. The number of piperidine rings is 1. The number of carbonyl (C=O) groups excluding carboxylic acids is 1. The maximum Gasteiger partial charge on any atom is 0.354 e. The summed E-state index contributed by atoms with van der Waals surface area (Å²) in [6.45, 7) is 3.53. The summed E-state index contributed by atoms with van der Waals surface area (Å²) in [7, 11) is 0. The summed E-state index contributed by atoms with van der Waals surface area (Å²) in [5, 5.41) is 12.0. The monoisotopic (exact) mass is 385 g/mol. The number of halogens is 1. The van der Waals surface area contributed by atoms with Crippen LogP contribution in [0.25, 0.3) is 0 Å². The molecule has 0 radical (unpaired) electrons. The quantitative estimate of drug-likeness (QED) is 0.799. The Labute approximate surface area is 163 Å². The van der Waals surface area contributed by atoms with Crippen LogP contribution in [-0.2, 0) is 17.9 Å². The minimum absolute atomic E-state index is 0.00895. The summed E-state index contributed by atoms with van der Waals surface area (Å²) in [5.74, 6) is -1.39. The Balaban J connectivity index is 1.63. The summed E-state index contributed by atoms with van der Waals surface area (Å²) < 4.78 is 13.1. The fourth-order valence-electron chi connectivity index (χ4n) is 3.49. The molecule has 0 bridgehead atoms. The second-order valence-electron chi connectivity index (χ2n) is 7.13. The van der Waals surface area contributed by atoms with Gasteiger partial charge in [-0.15, -0.1) is 0 Å². The highest BCUT2D eigenvalue weighted by molar-refractivity contribution is 5.85. The zero-order valence-electron chi connectivity index (χ0n) is 15.8. The highest BCUT2D eigenvalue weighted by atomic mass is 19.1. The van der Waals surface area contributed by atoms with E-state index in [4.69, 9.17) is 5.11 Å². The summed E-state index contributed by atoms with van der Waals surface area (Å²) >= 11 is 0. The molecule has 1 saturated heterocycles. The first-order valence-corrected chi connectivity index (χ1v) is 9.39. The molecule has 1 amide bonds. The third kappa shape index (κ3) is 4.92. The van der Waals surface area contributed by atoms with Crippen LogP contribution in [0.5, 0.6) is 0 Å². The fourth-order valence-corrected chi connectivity index (χ4v) is 3.49. The summed E-state index contributed by atoms with van der Waals surface area (Å²) in [6, 6.07) is 7.64. The molecule has 2 N–H and O–H groups in total. The van der Waals surface area contributed by atoms with E-state index in [9.17, 15) is 14.0 Å². The highest BCUT2D eigenvalue weighted by Gasteiger charge is 2.28. The van der Waals surface area contributed by atoms with Gasteiger partial charge in [0, 0.05) is 19.3 Å². The maximum atomic E-state index is 13.1. The number of pyridine rings is 1. The summed E-state index contributed by atoms with van der Waals surface area (Å²) in [5.41, 5.74) is 2.54. The number of aromatic nitrogens is 1. The van der Waals surface area contributed by atoms with Crippen molar-refractivity contribution < 1.29 is 19.1 Å². The molecule has 28 heavy (non-hydrogen) atoms. The van der Waals surface area contributed by atoms with Crippen molar-refractivity contribution in [2.75, 3.05) is 6.54 Å². The summed E-state index contributed by atoms with van der Waals surface area (Å²) in [4.78, 5) is 29.8. The number of carboxylic acid groups (broad SMARTS) is 1. The molecule has 1 aromatic heterocycles. The second-order valence-corrected chi connectivity index (χ2v) is 7.13. The van der Waals surface area contributed by atoms with Crippen molar-refractivity contribution in [1.82, 2.24) is 15.2 Å². The van der Waals surface area contributed by atoms with Gasteiger partial charge in [-0.25, -0.2) is 14.2 Å². The van der Waals surface area contributed by atoms with Gasteiger partial charge in [-0.2, -0.15) is 0 Å². The number of carbonyl (C=O) groups is 2. The maximum absolute atomic E-state index is 13.1. The first-order valence-electron chi connectivity index (χ1n) is 9.39. The van der Waals surface area contributed by atoms with E-state index in [1.165, 1.54) is 24.4 Å². The molecule has 1 aliphatic rings. The molecule has 7 heteroatoms. The van der Waals surface area contributed by atoms with E-state index in [0.29, 0.717) is 13.1 Å². The Bertz CT molecular complexity index is 854. The molecule has 3 rings (SSSR count). The number of nitrogens with zero attached hydrogens (tertiary/aromatic N) is 2. The van der Waals surface area contributed by atoms with E-state index in [0.717, 1.165) is 42.5 Å². The van der Waals surface area contributed by atoms with Crippen LogP contribution in [0.3, 0.4) is 0 Å². The van der Waals surface area contributed by atoms with E-state index in [1.807, 2.05) is 0 Å². The molecular formula is C21H24FN3O3. The van der Waals surface area contributed by atoms with Gasteiger partial charge < -0.3 is 10.4 Å². The molecule has 0 saturated carbocycles. The van der Waals surface area contributed by atoms with E-state index in [-0.39, 0.29) is 23.5 Å². The lowest BCUT2D eigenvalue weighted by atomic mass is 10.00. The molecule has 148 valence electrons. The van der Waals surface area contributed by atoms with Crippen LogP contribution in [0, 0.1) is 12.7 Å². The Morgan fingerprint density at radius 2 is 2.04 bits per heavy atom. The highest BCUT2D eigenvalue weighted by Crippen LogP contribution is 2.20. The van der Waals surface area contributed by atoms with Gasteiger partial charge in [0.2, 0.25) is 5.91 Å².